The zero-order chi connectivity index (χ0) is 21.1. The molecule has 156 valence electrons. The Kier molecular flexibility index (Phi) is 5.75. The van der Waals surface area contributed by atoms with Gasteiger partial charge in [-0.3, -0.25) is 4.79 Å². The van der Waals surface area contributed by atoms with Gasteiger partial charge in [0.15, 0.2) is 0 Å². The minimum absolute atomic E-state index is 0.125. The Labute approximate surface area is 176 Å². The highest BCUT2D eigenvalue weighted by Crippen LogP contribution is 2.27. The third-order valence-corrected chi connectivity index (χ3v) is 6.01. The lowest BCUT2D eigenvalue weighted by Crippen LogP contribution is -2.40. The molecule has 2 aromatic heterocycles. The first-order valence-electron chi connectivity index (χ1n) is 9.62. The molecule has 1 saturated heterocycles. The number of fused-ring (bicyclic) bond motifs is 1. The van der Waals surface area contributed by atoms with Gasteiger partial charge in [0, 0.05) is 25.6 Å². The first-order chi connectivity index (χ1) is 14.5. The number of nitrogens with zero attached hydrogens (tertiary/aromatic N) is 4. The van der Waals surface area contributed by atoms with Crippen molar-refractivity contribution >= 4 is 45.2 Å². The van der Waals surface area contributed by atoms with Crippen molar-refractivity contribution in [2.75, 3.05) is 30.4 Å². The van der Waals surface area contributed by atoms with E-state index in [0.717, 1.165) is 12.8 Å². The molecule has 0 aliphatic carbocycles. The summed E-state index contributed by atoms with van der Waals surface area (Å²) in [5.74, 6) is 0.0294. The lowest BCUT2D eigenvalue weighted by molar-refractivity contribution is -0.641. The number of benzene rings is 1. The molecule has 1 aliphatic heterocycles. The molecule has 0 spiro atoms. The number of carbonyl (C=O) groups is 2. The lowest BCUT2D eigenvalue weighted by Gasteiger charge is -2.30. The van der Waals surface area contributed by atoms with E-state index in [0.29, 0.717) is 51.9 Å². The minimum atomic E-state index is -0.467. The van der Waals surface area contributed by atoms with Gasteiger partial charge in [-0.15, -0.1) is 11.3 Å². The molecule has 0 unspecified atom stereocenters. The number of para-hydroxylation sites is 2. The molecule has 0 atom stereocenters. The molecule has 0 saturated carbocycles. The van der Waals surface area contributed by atoms with Crippen molar-refractivity contribution in [3.05, 3.63) is 46.5 Å². The number of anilines is 2. The average molecular weight is 427 g/mol. The quantitative estimate of drug-likeness (QED) is 0.378. The van der Waals surface area contributed by atoms with Crippen molar-refractivity contribution in [1.82, 2.24) is 10.1 Å². The predicted molar refractivity (Wildman–Crippen MR) is 112 cm³/mol. The van der Waals surface area contributed by atoms with Crippen LogP contribution in [-0.2, 0) is 9.53 Å². The normalized spacial score (nSPS) is 14.6. The van der Waals surface area contributed by atoms with Crippen LogP contribution < -0.4 is 15.1 Å². The van der Waals surface area contributed by atoms with E-state index in [-0.39, 0.29) is 11.8 Å². The van der Waals surface area contributed by atoms with Crippen molar-refractivity contribution < 1.29 is 19.2 Å². The molecule has 3 heterocycles. The Morgan fingerprint density at radius 3 is 2.83 bits per heavy atom. The number of hydrogen-bond donors (Lipinski definition) is 1. The van der Waals surface area contributed by atoms with E-state index >= 15 is 0 Å². The monoisotopic (exact) mass is 427 g/mol. The number of esters is 1. The van der Waals surface area contributed by atoms with Crippen LogP contribution in [0.4, 0.5) is 10.9 Å². The maximum atomic E-state index is 12.4. The van der Waals surface area contributed by atoms with Crippen LogP contribution in [0.5, 0.6) is 0 Å². The standard InChI is InChI=1S/C20H21N5O4S/c1-29-19(27)14-8-11-30-18(14)22-17(26)12-13-6-9-24(10-7-13)20-21-15-4-2-3-5-16(15)25(28)23-20/h2-5,8,11,13H,6-7,9-10,12H2,1H3,(H,22,26). The van der Waals surface area contributed by atoms with E-state index in [1.165, 1.54) is 18.4 Å². The van der Waals surface area contributed by atoms with E-state index in [4.69, 9.17) is 4.74 Å². The molecule has 1 N–H and O–H groups in total. The molecule has 9 nitrogen and oxygen atoms in total. The summed E-state index contributed by atoms with van der Waals surface area (Å²) < 4.78 is 4.73. The van der Waals surface area contributed by atoms with Gasteiger partial charge in [0.25, 0.3) is 11.5 Å². The van der Waals surface area contributed by atoms with E-state index in [1.54, 1.807) is 29.6 Å². The molecule has 1 aromatic carbocycles. The Morgan fingerprint density at radius 1 is 1.30 bits per heavy atom. The average Bonchev–Trinajstić information content (AvgIpc) is 3.21. The SMILES string of the molecule is COC(=O)c1ccsc1NC(=O)CC1CCN(c2nc3ccccc3[n+]([O-])n2)CC1. The molecule has 1 amide bonds. The molecular weight excluding hydrogens is 406 g/mol. The lowest BCUT2D eigenvalue weighted by atomic mass is 9.93. The number of ether oxygens (including phenoxy) is 1. The van der Waals surface area contributed by atoms with E-state index in [9.17, 15) is 14.8 Å². The van der Waals surface area contributed by atoms with Crippen LogP contribution in [-0.4, -0.2) is 42.2 Å². The second kappa shape index (κ2) is 8.62. The van der Waals surface area contributed by atoms with Gasteiger partial charge >= 0.3 is 5.97 Å². The summed E-state index contributed by atoms with van der Waals surface area (Å²) >= 11 is 1.29. The van der Waals surface area contributed by atoms with Crippen LogP contribution >= 0.6 is 11.3 Å². The molecule has 10 heteroatoms. The minimum Gasteiger partial charge on any atom is -0.594 e. The molecule has 4 rings (SSSR count). The molecule has 3 aromatic rings. The van der Waals surface area contributed by atoms with E-state index < -0.39 is 5.97 Å². The molecule has 0 radical (unpaired) electrons. The molecule has 0 bridgehead atoms. The fourth-order valence-electron chi connectivity index (χ4n) is 3.57. The number of hydrogen-bond acceptors (Lipinski definition) is 8. The Balaban J connectivity index is 1.34. The van der Waals surface area contributed by atoms with Gasteiger partial charge in [0.05, 0.1) is 17.8 Å². The zero-order valence-electron chi connectivity index (χ0n) is 16.4. The first-order valence-corrected chi connectivity index (χ1v) is 10.5. The summed E-state index contributed by atoms with van der Waals surface area (Å²) in [5, 5.41) is 21.3. The van der Waals surface area contributed by atoms with Crippen LogP contribution in [0.2, 0.25) is 0 Å². The fourth-order valence-corrected chi connectivity index (χ4v) is 4.36. The van der Waals surface area contributed by atoms with Gasteiger partial charge in [-0.25, -0.2) is 9.78 Å². The number of amides is 1. The maximum Gasteiger partial charge on any atom is 0.340 e. The molecule has 1 aliphatic rings. The number of carbonyl (C=O) groups excluding carboxylic acids is 2. The van der Waals surface area contributed by atoms with Crippen LogP contribution in [0.3, 0.4) is 0 Å². The smallest absolute Gasteiger partial charge is 0.340 e. The summed E-state index contributed by atoms with van der Waals surface area (Å²) in [6.45, 7) is 1.34. The summed E-state index contributed by atoms with van der Waals surface area (Å²) in [6, 6.07) is 8.73. The van der Waals surface area contributed by atoms with Crippen LogP contribution in [0.15, 0.2) is 35.7 Å². The number of nitrogens with one attached hydrogen (secondary N) is 1. The van der Waals surface area contributed by atoms with Gasteiger partial charge in [-0.2, -0.15) is 0 Å². The summed E-state index contributed by atoms with van der Waals surface area (Å²) in [4.78, 5) is 31.3. The number of methoxy groups -OCH3 is 1. The second-order valence-corrected chi connectivity index (χ2v) is 8.03. The summed E-state index contributed by atoms with van der Waals surface area (Å²) in [6.07, 6.45) is 1.94. The van der Waals surface area contributed by atoms with E-state index in [2.05, 4.69) is 15.4 Å². The van der Waals surface area contributed by atoms with Crippen molar-refractivity contribution in [2.45, 2.75) is 19.3 Å². The Hall–Kier alpha value is -3.27. The third kappa shape index (κ3) is 4.18. The topological polar surface area (TPSA) is 111 Å². The highest BCUT2D eigenvalue weighted by atomic mass is 32.1. The van der Waals surface area contributed by atoms with Gasteiger partial charge < -0.3 is 20.2 Å². The van der Waals surface area contributed by atoms with Crippen LogP contribution in [0.25, 0.3) is 11.0 Å². The van der Waals surface area contributed by atoms with Crippen molar-refractivity contribution in [2.24, 2.45) is 5.92 Å². The van der Waals surface area contributed by atoms with Gasteiger partial charge in [-0.1, -0.05) is 12.1 Å². The maximum absolute atomic E-state index is 12.4. The van der Waals surface area contributed by atoms with Crippen LogP contribution in [0.1, 0.15) is 29.6 Å². The highest BCUT2D eigenvalue weighted by molar-refractivity contribution is 7.14. The van der Waals surface area contributed by atoms with Crippen LogP contribution in [0, 0.1) is 11.1 Å². The van der Waals surface area contributed by atoms with Crippen molar-refractivity contribution in [1.29, 1.82) is 0 Å². The number of aromatic nitrogens is 3. The largest absolute Gasteiger partial charge is 0.594 e. The predicted octanol–water partition coefficient (Wildman–Crippen LogP) is 2.36. The zero-order valence-corrected chi connectivity index (χ0v) is 17.2. The highest BCUT2D eigenvalue weighted by Gasteiger charge is 2.26. The van der Waals surface area contributed by atoms with E-state index in [1.807, 2.05) is 11.0 Å². The first kappa shape index (κ1) is 20.0. The molecule has 1 fully saturated rings. The van der Waals surface area contributed by atoms with Crippen molar-refractivity contribution in [3.63, 3.8) is 0 Å². The number of thiophene rings is 1. The number of rotatable bonds is 5. The summed E-state index contributed by atoms with van der Waals surface area (Å²) in [7, 11) is 1.31. The van der Waals surface area contributed by atoms with Gasteiger partial charge in [0.2, 0.25) is 5.91 Å². The molecular formula is C20H21N5O4S. The summed E-state index contributed by atoms with van der Waals surface area (Å²) in [5.41, 5.74) is 1.41. The van der Waals surface area contributed by atoms with Crippen molar-refractivity contribution in [3.8, 4) is 0 Å². The molecule has 30 heavy (non-hydrogen) atoms. The van der Waals surface area contributed by atoms with Gasteiger partial charge in [0.1, 0.15) is 10.5 Å². The van der Waals surface area contributed by atoms with Gasteiger partial charge in [-0.05, 0) is 41.1 Å². The number of piperidine rings is 1. The second-order valence-electron chi connectivity index (χ2n) is 7.11. The Bertz CT molecular complexity index is 1080. The third-order valence-electron chi connectivity index (χ3n) is 5.18. The Morgan fingerprint density at radius 2 is 2.07 bits per heavy atom. The fraction of sp³-hybridized carbons (Fsp3) is 0.350.